The number of hydrogen-bond acceptors (Lipinski definition) is 5. The summed E-state index contributed by atoms with van der Waals surface area (Å²) in [6.07, 6.45) is 0.617. The van der Waals surface area contributed by atoms with Crippen LogP contribution in [0.4, 0.5) is 11.4 Å². The molecule has 2 heterocycles. The number of aromatic nitrogens is 1. The third-order valence-corrected chi connectivity index (χ3v) is 4.32. The Morgan fingerprint density at radius 2 is 2.29 bits per heavy atom. The Morgan fingerprint density at radius 3 is 2.90 bits per heavy atom. The lowest BCUT2D eigenvalue weighted by Gasteiger charge is -2.21. The number of fused-ring (bicyclic) bond motifs is 1. The van der Waals surface area contributed by atoms with Gasteiger partial charge in [-0.3, -0.25) is 14.9 Å². The Kier molecular flexibility index (Phi) is 3.21. The molecule has 0 saturated heterocycles. The molecule has 0 fully saturated rings. The second-order valence-electron chi connectivity index (χ2n) is 5.05. The third kappa shape index (κ3) is 2.29. The number of hydrogen-bond donors (Lipinski definition) is 0. The highest BCUT2D eigenvalue weighted by Crippen LogP contribution is 2.35. The molecule has 1 amide bonds. The average molecular weight is 303 g/mol. The van der Waals surface area contributed by atoms with Gasteiger partial charge < -0.3 is 4.90 Å². The number of nitro benzene ring substituents is 1. The molecular formula is C14H13N3O3S. The summed E-state index contributed by atoms with van der Waals surface area (Å²) < 4.78 is 0. The summed E-state index contributed by atoms with van der Waals surface area (Å²) in [5.74, 6) is -0.153. The largest absolute Gasteiger partial charge is 0.304 e. The highest BCUT2D eigenvalue weighted by Gasteiger charge is 2.33. The van der Waals surface area contributed by atoms with Gasteiger partial charge in [0.05, 0.1) is 9.93 Å². The Morgan fingerprint density at radius 1 is 1.52 bits per heavy atom. The smallest absolute Gasteiger partial charge is 0.278 e. The summed E-state index contributed by atoms with van der Waals surface area (Å²) in [5.41, 5.74) is 2.05. The van der Waals surface area contributed by atoms with Crippen molar-refractivity contribution in [2.24, 2.45) is 0 Å². The molecule has 0 bridgehead atoms. The summed E-state index contributed by atoms with van der Waals surface area (Å²) in [6.45, 7) is 3.79. The van der Waals surface area contributed by atoms with Crippen molar-refractivity contribution in [2.45, 2.75) is 26.3 Å². The maximum Gasteiger partial charge on any atom is 0.278 e. The van der Waals surface area contributed by atoms with E-state index in [1.807, 2.05) is 13.8 Å². The van der Waals surface area contributed by atoms with Gasteiger partial charge in [0, 0.05) is 29.2 Å². The van der Waals surface area contributed by atoms with Gasteiger partial charge in [0.25, 0.3) is 11.6 Å². The molecule has 1 aromatic heterocycles. The molecule has 0 saturated carbocycles. The van der Waals surface area contributed by atoms with Crippen molar-refractivity contribution >= 4 is 28.6 Å². The van der Waals surface area contributed by atoms with Gasteiger partial charge in [-0.05, 0) is 31.9 Å². The van der Waals surface area contributed by atoms with Crippen molar-refractivity contribution in [3.63, 3.8) is 0 Å². The van der Waals surface area contributed by atoms with Crippen LogP contribution in [0.1, 0.15) is 28.0 Å². The number of aryl methyl sites for hydroxylation is 1. The van der Waals surface area contributed by atoms with Crippen LogP contribution in [0.15, 0.2) is 23.6 Å². The van der Waals surface area contributed by atoms with Crippen LogP contribution in [-0.4, -0.2) is 21.9 Å². The highest BCUT2D eigenvalue weighted by molar-refractivity contribution is 7.09. The van der Waals surface area contributed by atoms with E-state index in [1.165, 1.54) is 17.4 Å². The van der Waals surface area contributed by atoms with Crippen molar-refractivity contribution in [2.75, 3.05) is 4.90 Å². The number of non-ortho nitro benzene ring substituents is 1. The first-order valence-corrected chi connectivity index (χ1v) is 7.38. The van der Waals surface area contributed by atoms with Gasteiger partial charge in [0.1, 0.15) is 5.69 Å². The van der Waals surface area contributed by atoms with E-state index in [-0.39, 0.29) is 17.6 Å². The molecule has 3 rings (SSSR count). The second kappa shape index (κ2) is 4.92. The van der Waals surface area contributed by atoms with Crippen molar-refractivity contribution in [3.05, 3.63) is 50.0 Å². The maximum atomic E-state index is 12.6. The van der Waals surface area contributed by atoms with Gasteiger partial charge in [-0.2, -0.15) is 0 Å². The van der Waals surface area contributed by atoms with E-state index >= 15 is 0 Å². The zero-order valence-electron chi connectivity index (χ0n) is 11.6. The first-order chi connectivity index (χ1) is 9.97. The molecule has 1 unspecified atom stereocenters. The predicted octanol–water partition coefficient (Wildman–Crippen LogP) is 2.95. The third-order valence-electron chi connectivity index (χ3n) is 3.55. The normalized spacial score (nSPS) is 16.9. The zero-order valence-corrected chi connectivity index (χ0v) is 12.4. The number of anilines is 1. The number of nitro groups is 1. The Hall–Kier alpha value is -2.28. The van der Waals surface area contributed by atoms with Crippen LogP contribution in [-0.2, 0) is 6.42 Å². The molecule has 108 valence electrons. The lowest BCUT2D eigenvalue weighted by molar-refractivity contribution is -0.384. The predicted molar refractivity (Wildman–Crippen MR) is 79.9 cm³/mol. The summed E-state index contributed by atoms with van der Waals surface area (Å²) in [4.78, 5) is 28.9. The second-order valence-corrected chi connectivity index (χ2v) is 6.11. The molecule has 0 radical (unpaired) electrons. The number of carbonyl (C=O) groups excluding carboxylic acids is 1. The quantitative estimate of drug-likeness (QED) is 0.631. The van der Waals surface area contributed by atoms with Gasteiger partial charge in [0.15, 0.2) is 0 Å². The SMILES string of the molecule is Cc1nc(C(=O)N2c3ccc([N+](=O)[O-])cc3CC2C)cs1. The molecule has 7 heteroatoms. The molecule has 1 aliphatic rings. The minimum absolute atomic E-state index is 0.0310. The number of rotatable bonds is 2. The summed E-state index contributed by atoms with van der Waals surface area (Å²) in [6, 6.07) is 4.60. The van der Waals surface area contributed by atoms with E-state index in [1.54, 1.807) is 22.4 Å². The number of nitrogens with zero attached hydrogens (tertiary/aromatic N) is 3. The van der Waals surface area contributed by atoms with E-state index in [0.717, 1.165) is 16.3 Å². The minimum Gasteiger partial charge on any atom is -0.304 e. The molecule has 1 atom stereocenters. The van der Waals surface area contributed by atoms with Gasteiger partial charge in [-0.25, -0.2) is 4.98 Å². The standard InChI is InChI=1S/C14H13N3O3S/c1-8-5-10-6-11(17(19)20)3-4-13(10)16(8)14(18)12-7-21-9(2)15-12/h3-4,6-8H,5H2,1-2H3. The molecular weight excluding hydrogens is 290 g/mol. The summed E-state index contributed by atoms with van der Waals surface area (Å²) >= 11 is 1.43. The molecule has 0 spiro atoms. The molecule has 1 aliphatic heterocycles. The monoisotopic (exact) mass is 303 g/mol. The van der Waals surface area contributed by atoms with Gasteiger partial charge >= 0.3 is 0 Å². The molecule has 0 aliphatic carbocycles. The number of thiazole rings is 1. The highest BCUT2D eigenvalue weighted by atomic mass is 32.1. The maximum absolute atomic E-state index is 12.6. The van der Waals surface area contributed by atoms with Crippen molar-refractivity contribution in [1.29, 1.82) is 0 Å². The molecule has 6 nitrogen and oxygen atoms in total. The van der Waals surface area contributed by atoms with Crippen molar-refractivity contribution < 1.29 is 9.72 Å². The van der Waals surface area contributed by atoms with Crippen LogP contribution in [0.3, 0.4) is 0 Å². The minimum atomic E-state index is -0.417. The van der Waals surface area contributed by atoms with E-state index < -0.39 is 4.92 Å². The first-order valence-electron chi connectivity index (χ1n) is 6.50. The topological polar surface area (TPSA) is 76.3 Å². The summed E-state index contributed by atoms with van der Waals surface area (Å²) in [7, 11) is 0. The Bertz CT molecular complexity index is 741. The fraction of sp³-hybridized carbons (Fsp3) is 0.286. The molecule has 1 aromatic carbocycles. The van der Waals surface area contributed by atoms with Crippen LogP contribution < -0.4 is 4.90 Å². The number of benzene rings is 1. The van der Waals surface area contributed by atoms with E-state index in [0.29, 0.717) is 12.1 Å². The fourth-order valence-electron chi connectivity index (χ4n) is 2.63. The van der Waals surface area contributed by atoms with Crippen LogP contribution >= 0.6 is 11.3 Å². The van der Waals surface area contributed by atoms with Gasteiger partial charge in [0.2, 0.25) is 0 Å². The number of amides is 1. The fourth-order valence-corrected chi connectivity index (χ4v) is 3.21. The lowest BCUT2D eigenvalue weighted by Crippen LogP contribution is -2.35. The Labute approximate surface area is 125 Å². The first kappa shape index (κ1) is 13.7. The molecule has 21 heavy (non-hydrogen) atoms. The van der Waals surface area contributed by atoms with E-state index in [2.05, 4.69) is 4.98 Å². The van der Waals surface area contributed by atoms with E-state index in [9.17, 15) is 14.9 Å². The molecule has 2 aromatic rings. The van der Waals surface area contributed by atoms with Crippen molar-refractivity contribution in [3.8, 4) is 0 Å². The van der Waals surface area contributed by atoms with Gasteiger partial charge in [-0.1, -0.05) is 0 Å². The lowest BCUT2D eigenvalue weighted by atomic mass is 10.1. The van der Waals surface area contributed by atoms with Crippen LogP contribution in [0.25, 0.3) is 0 Å². The number of carbonyl (C=O) groups is 1. The van der Waals surface area contributed by atoms with Crippen LogP contribution in [0.5, 0.6) is 0 Å². The van der Waals surface area contributed by atoms with Gasteiger partial charge in [-0.15, -0.1) is 11.3 Å². The Balaban J connectivity index is 1.99. The summed E-state index contributed by atoms with van der Waals surface area (Å²) in [5, 5.41) is 13.4. The zero-order chi connectivity index (χ0) is 15.1. The van der Waals surface area contributed by atoms with E-state index in [4.69, 9.17) is 0 Å². The van der Waals surface area contributed by atoms with Crippen molar-refractivity contribution in [1.82, 2.24) is 4.98 Å². The molecule has 0 N–H and O–H groups in total. The van der Waals surface area contributed by atoms with Crippen LogP contribution in [0.2, 0.25) is 0 Å². The van der Waals surface area contributed by atoms with Crippen LogP contribution in [0, 0.1) is 17.0 Å². The average Bonchev–Trinajstić information content (AvgIpc) is 2.99.